The van der Waals surface area contributed by atoms with E-state index >= 15 is 0 Å². The van der Waals surface area contributed by atoms with Gasteiger partial charge in [0.2, 0.25) is 0 Å². The second kappa shape index (κ2) is 11.4. The Morgan fingerprint density at radius 2 is 1.44 bits per heavy atom. The van der Waals surface area contributed by atoms with E-state index in [9.17, 15) is 27.6 Å². The molecule has 3 aromatic carbocycles. The molecule has 3 heterocycles. The van der Waals surface area contributed by atoms with Gasteiger partial charge in [0.05, 0.1) is 17.3 Å². The summed E-state index contributed by atoms with van der Waals surface area (Å²) in [6.45, 7) is 1.59. The van der Waals surface area contributed by atoms with E-state index in [1.807, 2.05) is 4.90 Å². The highest BCUT2D eigenvalue weighted by atomic mass is 19.4. The number of hydrogen-bond acceptors (Lipinski definition) is 5. The summed E-state index contributed by atoms with van der Waals surface area (Å²) >= 11 is 0. The van der Waals surface area contributed by atoms with Gasteiger partial charge in [-0.25, -0.2) is 5.10 Å². The van der Waals surface area contributed by atoms with Crippen molar-refractivity contribution in [2.45, 2.75) is 25.1 Å². The highest BCUT2D eigenvalue weighted by Gasteiger charge is 2.42. The molecule has 2 aliphatic heterocycles. The number of fused-ring (bicyclic) bond motifs is 1. The molecule has 0 saturated carbocycles. The van der Waals surface area contributed by atoms with E-state index in [4.69, 9.17) is 4.74 Å². The Morgan fingerprint density at radius 1 is 0.814 bits per heavy atom. The molecule has 0 bridgehead atoms. The molecular weight excluding hydrogens is 561 g/mol. The summed E-state index contributed by atoms with van der Waals surface area (Å²) < 4.78 is 44.1. The Bertz CT molecular complexity index is 1670. The van der Waals surface area contributed by atoms with Crippen LogP contribution in [0.25, 0.3) is 11.3 Å². The molecule has 1 aromatic heterocycles. The number of aromatic amines is 1. The third-order valence-corrected chi connectivity index (χ3v) is 7.95. The van der Waals surface area contributed by atoms with E-state index in [0.29, 0.717) is 42.2 Å². The average molecular weight is 589 g/mol. The molecule has 0 radical (unpaired) electrons. The zero-order valence-electron chi connectivity index (χ0n) is 22.9. The van der Waals surface area contributed by atoms with Crippen LogP contribution in [-0.2, 0) is 6.18 Å². The van der Waals surface area contributed by atoms with E-state index in [1.165, 1.54) is 18.2 Å². The normalized spacial score (nSPS) is 18.3. The number of ether oxygens (including phenoxy) is 1. The van der Waals surface area contributed by atoms with Crippen LogP contribution in [0.1, 0.15) is 39.1 Å². The predicted molar refractivity (Wildman–Crippen MR) is 152 cm³/mol. The van der Waals surface area contributed by atoms with E-state index in [2.05, 4.69) is 10.2 Å². The molecule has 1 N–H and O–H groups in total. The van der Waals surface area contributed by atoms with Crippen molar-refractivity contribution in [2.75, 3.05) is 19.6 Å². The number of carbonyl (C=O) groups excluding carboxylic acids is 2. The maximum Gasteiger partial charge on any atom is 0.416 e. The fourth-order valence-corrected chi connectivity index (χ4v) is 5.75. The van der Waals surface area contributed by atoms with Crippen LogP contribution in [-0.4, -0.2) is 57.5 Å². The van der Waals surface area contributed by atoms with Gasteiger partial charge in [-0.1, -0.05) is 12.1 Å². The van der Waals surface area contributed by atoms with E-state index in [1.54, 1.807) is 59.5 Å². The molecule has 2 atom stereocenters. The summed E-state index contributed by atoms with van der Waals surface area (Å²) in [5.74, 6) is 0.581. The summed E-state index contributed by atoms with van der Waals surface area (Å²) in [5, 5.41) is 6.43. The molecule has 11 heteroatoms. The van der Waals surface area contributed by atoms with Gasteiger partial charge < -0.3 is 14.5 Å². The highest BCUT2D eigenvalue weighted by molar-refractivity contribution is 5.96. The van der Waals surface area contributed by atoms with Crippen LogP contribution in [0.2, 0.25) is 0 Å². The fraction of sp³-hybridized carbons (Fsp3) is 0.250. The standard InChI is InChI=1S/C32H27F3N4O4/c33-32(34,35)24-9-13-26(14-10-24)43-25-11-7-21(8-12-25)30(41)38-18-23-2-1-17-39(28(23)19-38)31(42)22-5-3-20(4-6-22)27-15-16-29(40)37-36-27/h3-16,23,28H,1-2,17-19H2,(H,37,40)/t23-,28+/m1/s1. The number of alkyl halides is 3. The molecule has 2 aliphatic rings. The summed E-state index contributed by atoms with van der Waals surface area (Å²) in [6, 6.07) is 20.9. The minimum absolute atomic E-state index is 0.0882. The lowest BCUT2D eigenvalue weighted by molar-refractivity contribution is -0.137. The van der Waals surface area contributed by atoms with Crippen molar-refractivity contribution < 1.29 is 27.5 Å². The van der Waals surface area contributed by atoms with Crippen molar-refractivity contribution in [3.63, 3.8) is 0 Å². The minimum atomic E-state index is -4.42. The lowest BCUT2D eigenvalue weighted by Crippen LogP contribution is -2.48. The van der Waals surface area contributed by atoms with Crippen LogP contribution in [0, 0.1) is 5.92 Å². The number of hydrogen-bond donors (Lipinski definition) is 1. The number of piperidine rings is 1. The van der Waals surface area contributed by atoms with Crippen molar-refractivity contribution in [3.05, 3.63) is 112 Å². The molecule has 2 amide bonds. The second-order valence-corrected chi connectivity index (χ2v) is 10.7. The molecule has 220 valence electrons. The largest absolute Gasteiger partial charge is 0.457 e. The fourth-order valence-electron chi connectivity index (χ4n) is 5.75. The van der Waals surface area contributed by atoms with Crippen molar-refractivity contribution in [2.24, 2.45) is 5.92 Å². The van der Waals surface area contributed by atoms with Gasteiger partial charge in [0.15, 0.2) is 0 Å². The number of amides is 2. The van der Waals surface area contributed by atoms with E-state index < -0.39 is 11.7 Å². The first-order chi connectivity index (χ1) is 20.7. The quantitative estimate of drug-likeness (QED) is 0.326. The van der Waals surface area contributed by atoms with Crippen LogP contribution in [0.15, 0.2) is 89.7 Å². The van der Waals surface area contributed by atoms with Gasteiger partial charge in [0, 0.05) is 42.4 Å². The molecule has 0 spiro atoms. The number of H-pyrrole nitrogens is 1. The smallest absolute Gasteiger partial charge is 0.416 e. The van der Waals surface area contributed by atoms with Crippen molar-refractivity contribution in [1.82, 2.24) is 20.0 Å². The van der Waals surface area contributed by atoms with Gasteiger partial charge in [-0.05, 0) is 85.5 Å². The van der Waals surface area contributed by atoms with Crippen LogP contribution >= 0.6 is 0 Å². The number of nitrogens with one attached hydrogen (secondary N) is 1. The summed E-state index contributed by atoms with van der Waals surface area (Å²) in [5.41, 5.74) is 1.33. The Labute approximate surface area is 244 Å². The number of aromatic nitrogens is 2. The summed E-state index contributed by atoms with van der Waals surface area (Å²) in [7, 11) is 0. The third kappa shape index (κ3) is 6.01. The van der Waals surface area contributed by atoms with Gasteiger partial charge in [-0.2, -0.15) is 18.3 Å². The van der Waals surface area contributed by atoms with Crippen LogP contribution in [0.5, 0.6) is 11.5 Å². The van der Waals surface area contributed by atoms with Gasteiger partial charge in [-0.15, -0.1) is 0 Å². The first-order valence-electron chi connectivity index (χ1n) is 13.9. The zero-order valence-corrected chi connectivity index (χ0v) is 22.9. The molecule has 8 nitrogen and oxygen atoms in total. The molecular formula is C32H27F3N4O4. The van der Waals surface area contributed by atoms with Crippen molar-refractivity contribution in [3.8, 4) is 22.8 Å². The average Bonchev–Trinajstić information content (AvgIpc) is 3.46. The van der Waals surface area contributed by atoms with Crippen LogP contribution in [0.4, 0.5) is 13.2 Å². The SMILES string of the molecule is O=C(c1ccc(Oc2ccc(C(F)(F)F)cc2)cc1)N1C[C@H]2CCCN(C(=O)c3ccc(-c4ccc(=O)[nH]n4)cc3)[C@H]2C1. The van der Waals surface area contributed by atoms with E-state index in [-0.39, 0.29) is 35.1 Å². The number of rotatable bonds is 5. The van der Waals surface area contributed by atoms with Crippen LogP contribution in [0.3, 0.4) is 0 Å². The number of likely N-dealkylation sites (tertiary alicyclic amines) is 2. The van der Waals surface area contributed by atoms with Gasteiger partial charge in [0.25, 0.3) is 17.4 Å². The first-order valence-corrected chi connectivity index (χ1v) is 13.9. The Kier molecular flexibility index (Phi) is 7.47. The van der Waals surface area contributed by atoms with Gasteiger partial charge in [-0.3, -0.25) is 14.4 Å². The number of carbonyl (C=O) groups is 2. The Balaban J connectivity index is 1.10. The van der Waals surface area contributed by atoms with Crippen molar-refractivity contribution >= 4 is 11.8 Å². The second-order valence-electron chi connectivity index (χ2n) is 10.7. The number of halogens is 3. The zero-order chi connectivity index (χ0) is 30.1. The third-order valence-electron chi connectivity index (χ3n) is 7.95. The lowest BCUT2D eigenvalue weighted by atomic mass is 9.91. The Hall–Kier alpha value is -4.93. The van der Waals surface area contributed by atoms with Crippen LogP contribution < -0.4 is 10.3 Å². The summed E-state index contributed by atoms with van der Waals surface area (Å²) in [4.78, 5) is 41.8. The number of benzene rings is 3. The first kappa shape index (κ1) is 28.2. The monoisotopic (exact) mass is 588 g/mol. The predicted octanol–water partition coefficient (Wildman–Crippen LogP) is 5.62. The molecule has 0 aliphatic carbocycles. The molecule has 6 rings (SSSR count). The summed E-state index contributed by atoms with van der Waals surface area (Å²) in [6.07, 6.45) is -2.65. The molecule has 43 heavy (non-hydrogen) atoms. The van der Waals surface area contributed by atoms with Gasteiger partial charge in [0.1, 0.15) is 11.5 Å². The van der Waals surface area contributed by atoms with E-state index in [0.717, 1.165) is 30.5 Å². The maximum absolute atomic E-state index is 13.5. The maximum atomic E-state index is 13.5. The molecule has 2 fully saturated rings. The highest BCUT2D eigenvalue weighted by Crippen LogP contribution is 2.34. The Morgan fingerprint density at radius 3 is 2.07 bits per heavy atom. The van der Waals surface area contributed by atoms with Gasteiger partial charge >= 0.3 is 6.18 Å². The molecule has 0 unspecified atom stereocenters. The van der Waals surface area contributed by atoms with Crippen molar-refractivity contribution in [1.29, 1.82) is 0 Å². The topological polar surface area (TPSA) is 95.6 Å². The molecule has 4 aromatic rings. The molecule has 2 saturated heterocycles. The lowest BCUT2D eigenvalue weighted by Gasteiger charge is -2.36. The minimum Gasteiger partial charge on any atom is -0.457 e. The number of nitrogens with zero attached hydrogens (tertiary/aromatic N) is 3.